The Morgan fingerprint density at radius 2 is 1.64 bits per heavy atom. The van der Waals surface area contributed by atoms with Crippen molar-refractivity contribution in [2.75, 3.05) is 7.11 Å². The van der Waals surface area contributed by atoms with Crippen molar-refractivity contribution < 1.29 is 15.9 Å². The van der Waals surface area contributed by atoms with Gasteiger partial charge in [0.05, 0.1) is 7.11 Å². The van der Waals surface area contributed by atoms with E-state index in [0.717, 1.165) is 16.9 Å². The van der Waals surface area contributed by atoms with Crippen LogP contribution in [0.3, 0.4) is 0 Å². The van der Waals surface area contributed by atoms with E-state index in [9.17, 15) is 0 Å². The molecule has 0 unspecified atom stereocenters. The number of halogens is 2. The second kappa shape index (κ2) is 8.58. The van der Waals surface area contributed by atoms with Crippen LogP contribution in [-0.4, -0.2) is 7.11 Å². The van der Waals surface area contributed by atoms with Crippen molar-refractivity contribution in [1.82, 2.24) is 0 Å². The summed E-state index contributed by atoms with van der Waals surface area (Å²) in [5.74, 6) is 0.910. The first-order chi connectivity index (χ1) is 5.35. The van der Waals surface area contributed by atoms with E-state index >= 15 is 0 Å². The third kappa shape index (κ3) is 6.87. The first kappa shape index (κ1) is 11.5. The summed E-state index contributed by atoms with van der Waals surface area (Å²) in [4.78, 5) is 0. The van der Waals surface area contributed by atoms with Gasteiger partial charge in [0.1, 0.15) is 5.75 Å². The van der Waals surface area contributed by atoms with Gasteiger partial charge < -0.3 is 4.74 Å². The van der Waals surface area contributed by atoms with Gasteiger partial charge in [0.15, 0.2) is 0 Å². The summed E-state index contributed by atoms with van der Waals surface area (Å²) in [5, 5.41) is 0. The number of ether oxygens (including phenoxy) is 1. The number of hydrogen-bond acceptors (Lipinski definition) is 1. The molecular formula is C7H8Br2CoO. The normalized spacial score (nSPS) is 8.27. The molecule has 11 heavy (non-hydrogen) atoms. The van der Waals surface area contributed by atoms with Crippen LogP contribution in [0, 0.1) is 0 Å². The Balaban J connectivity index is 0.000000292. The van der Waals surface area contributed by atoms with E-state index in [-0.39, 0.29) is 0 Å². The van der Waals surface area contributed by atoms with Crippen LogP contribution in [0.2, 0.25) is 0 Å². The van der Waals surface area contributed by atoms with Crippen molar-refractivity contribution in [3.8, 4) is 5.75 Å². The fourth-order valence-corrected chi connectivity index (χ4v) is 0.557. The van der Waals surface area contributed by atoms with Crippen molar-refractivity contribution in [2.45, 2.75) is 0 Å². The monoisotopic (exact) mass is 325 g/mol. The van der Waals surface area contributed by atoms with Gasteiger partial charge in [0.25, 0.3) is 0 Å². The van der Waals surface area contributed by atoms with Crippen LogP contribution in [0.4, 0.5) is 0 Å². The van der Waals surface area contributed by atoms with Gasteiger partial charge >= 0.3 is 39.5 Å². The molecule has 0 spiro atoms. The zero-order valence-corrected chi connectivity index (χ0v) is 10.1. The minimum absolute atomic E-state index is 0.910. The molecule has 0 aliphatic rings. The molecule has 1 aromatic carbocycles. The molecule has 0 radical (unpaired) electrons. The Hall–Kier alpha value is 0.486. The third-order valence-electron chi connectivity index (χ3n) is 0.979. The molecule has 0 N–H and O–H groups in total. The van der Waals surface area contributed by atoms with E-state index in [1.54, 1.807) is 7.11 Å². The van der Waals surface area contributed by atoms with E-state index in [1.807, 2.05) is 30.3 Å². The van der Waals surface area contributed by atoms with Crippen LogP contribution in [0.1, 0.15) is 0 Å². The predicted molar refractivity (Wildman–Crippen MR) is 50.8 cm³/mol. The van der Waals surface area contributed by atoms with Crippen molar-refractivity contribution in [3.63, 3.8) is 0 Å². The number of para-hydroxylation sites is 1. The Kier molecular flexibility index (Phi) is 8.96. The SMILES string of the molecule is COc1ccccc1.[Br][Co][Br]. The van der Waals surface area contributed by atoms with Crippen LogP contribution in [0.15, 0.2) is 30.3 Å². The fourth-order valence-electron chi connectivity index (χ4n) is 0.557. The predicted octanol–water partition coefficient (Wildman–Crippen LogP) is 3.38. The molecule has 4 heteroatoms. The topological polar surface area (TPSA) is 9.23 Å². The molecule has 65 valence electrons. The first-order valence-corrected chi connectivity index (χ1v) is 7.92. The molecule has 0 aliphatic carbocycles. The quantitative estimate of drug-likeness (QED) is 0.768. The van der Waals surface area contributed by atoms with E-state index in [1.165, 1.54) is 0 Å². The van der Waals surface area contributed by atoms with Gasteiger partial charge in [-0.3, -0.25) is 0 Å². The molecule has 0 amide bonds. The van der Waals surface area contributed by atoms with Gasteiger partial charge in [0, 0.05) is 0 Å². The maximum atomic E-state index is 4.91. The summed E-state index contributed by atoms with van der Waals surface area (Å²) < 4.78 is 4.91. The van der Waals surface area contributed by atoms with Crippen LogP contribution >= 0.6 is 28.3 Å². The van der Waals surface area contributed by atoms with Gasteiger partial charge in [-0.05, 0) is 12.1 Å². The standard InChI is InChI=1S/C7H8O.2BrH.Co/c1-8-7-5-3-2-4-6-7;;;/h2-6H,1H3;2*1H;/q;;;+2/p-2. The third-order valence-corrected chi connectivity index (χ3v) is 0.979. The van der Waals surface area contributed by atoms with Gasteiger partial charge in [0.2, 0.25) is 0 Å². The zero-order chi connectivity index (χ0) is 8.53. The van der Waals surface area contributed by atoms with E-state index < -0.39 is 0 Å². The minimum atomic E-state index is 0.910. The molecule has 0 atom stereocenters. The van der Waals surface area contributed by atoms with Crippen LogP contribution in [0.5, 0.6) is 5.75 Å². The average Bonchev–Trinajstić information content (AvgIpc) is 2.08. The number of rotatable bonds is 1. The van der Waals surface area contributed by atoms with Crippen molar-refractivity contribution >= 4 is 28.3 Å². The molecule has 0 fully saturated rings. The molecule has 0 saturated carbocycles. The summed E-state index contributed by atoms with van der Waals surface area (Å²) in [7, 11) is 1.66. The van der Waals surface area contributed by atoms with Crippen LogP contribution < -0.4 is 4.74 Å². The van der Waals surface area contributed by atoms with Crippen molar-refractivity contribution in [1.29, 1.82) is 0 Å². The molecule has 0 saturated heterocycles. The molecule has 1 nitrogen and oxygen atoms in total. The first-order valence-electron chi connectivity index (χ1n) is 2.78. The van der Waals surface area contributed by atoms with Crippen molar-refractivity contribution in [3.05, 3.63) is 30.3 Å². The van der Waals surface area contributed by atoms with Gasteiger partial charge in [-0.1, -0.05) is 18.2 Å². The number of benzene rings is 1. The molecular weight excluding hydrogens is 319 g/mol. The molecule has 1 aromatic rings. The van der Waals surface area contributed by atoms with Crippen LogP contribution in [0.25, 0.3) is 0 Å². The average molecular weight is 327 g/mol. The molecule has 1 rings (SSSR count). The summed E-state index contributed by atoms with van der Waals surface area (Å²) >= 11 is 7.12. The van der Waals surface area contributed by atoms with E-state index in [0.29, 0.717) is 0 Å². The van der Waals surface area contributed by atoms with Gasteiger partial charge in [-0.15, -0.1) is 0 Å². The van der Waals surface area contributed by atoms with Gasteiger partial charge in [-0.2, -0.15) is 0 Å². The van der Waals surface area contributed by atoms with Crippen molar-refractivity contribution in [2.24, 2.45) is 0 Å². The Bertz CT molecular complexity index is 169. The number of methoxy groups -OCH3 is 1. The molecule has 0 bridgehead atoms. The van der Waals surface area contributed by atoms with E-state index in [2.05, 4.69) is 28.3 Å². The molecule has 0 heterocycles. The molecule has 0 aliphatic heterocycles. The number of hydrogen-bond donors (Lipinski definition) is 0. The van der Waals surface area contributed by atoms with Gasteiger partial charge in [-0.25, -0.2) is 0 Å². The van der Waals surface area contributed by atoms with E-state index in [4.69, 9.17) is 4.74 Å². The molecule has 0 aromatic heterocycles. The second-order valence-corrected chi connectivity index (χ2v) is 6.82. The maximum absolute atomic E-state index is 4.91. The Labute approximate surface area is 87.0 Å². The summed E-state index contributed by atoms with van der Waals surface area (Å²) in [6, 6.07) is 9.68. The Morgan fingerprint density at radius 1 is 1.18 bits per heavy atom. The van der Waals surface area contributed by atoms with Crippen LogP contribution in [-0.2, 0) is 11.1 Å². The second-order valence-electron chi connectivity index (χ2n) is 1.56. The summed E-state index contributed by atoms with van der Waals surface area (Å²) in [6.07, 6.45) is 0. The summed E-state index contributed by atoms with van der Waals surface area (Å²) in [6.45, 7) is 0. The Morgan fingerprint density at radius 3 is 1.91 bits per heavy atom. The fraction of sp³-hybridized carbons (Fsp3) is 0.143. The zero-order valence-electron chi connectivity index (χ0n) is 5.88. The summed E-state index contributed by atoms with van der Waals surface area (Å²) in [5.41, 5.74) is 0.